The number of phenolic OH excluding ortho intramolecular Hbond substituents is 1. The van der Waals surface area contributed by atoms with Gasteiger partial charge < -0.3 is 24.7 Å². The lowest BCUT2D eigenvalue weighted by molar-refractivity contribution is -0.308. The number of rotatable bonds is 6. The van der Waals surface area contributed by atoms with Crippen molar-refractivity contribution >= 4 is 34.4 Å². The number of carboxylic acid groups (broad SMARTS) is 1. The molecule has 1 amide bonds. The molecular formula is C21H17ClNO6-. The Bertz CT molecular complexity index is 1140. The van der Waals surface area contributed by atoms with Crippen LogP contribution in [0.3, 0.4) is 0 Å². The van der Waals surface area contributed by atoms with Crippen LogP contribution in [0.4, 0.5) is 0 Å². The van der Waals surface area contributed by atoms with Gasteiger partial charge in [-0.25, -0.2) is 4.79 Å². The van der Waals surface area contributed by atoms with Gasteiger partial charge in [0.25, 0.3) is 0 Å². The Labute approximate surface area is 170 Å². The van der Waals surface area contributed by atoms with Crippen molar-refractivity contribution in [3.05, 3.63) is 74.6 Å². The average molecular weight is 415 g/mol. The minimum Gasteiger partial charge on any atom is -0.548 e. The Morgan fingerprint density at radius 2 is 1.93 bits per heavy atom. The summed E-state index contributed by atoms with van der Waals surface area (Å²) in [6.07, 6.45) is -0.0808. The van der Waals surface area contributed by atoms with Crippen molar-refractivity contribution in [2.75, 3.05) is 0 Å². The van der Waals surface area contributed by atoms with E-state index < -0.39 is 23.5 Å². The summed E-state index contributed by atoms with van der Waals surface area (Å²) in [5, 5.41) is 24.1. The first-order valence-electron chi connectivity index (χ1n) is 8.78. The monoisotopic (exact) mass is 414 g/mol. The van der Waals surface area contributed by atoms with Gasteiger partial charge in [0, 0.05) is 23.4 Å². The van der Waals surface area contributed by atoms with E-state index in [9.17, 15) is 24.6 Å². The third-order valence-electron chi connectivity index (χ3n) is 4.63. The molecular weight excluding hydrogens is 398 g/mol. The van der Waals surface area contributed by atoms with Gasteiger partial charge in [-0.15, -0.1) is 0 Å². The third kappa shape index (κ3) is 4.41. The smallest absolute Gasteiger partial charge is 0.339 e. The number of hydrogen-bond donors (Lipinski definition) is 2. The van der Waals surface area contributed by atoms with E-state index in [1.807, 2.05) is 0 Å². The molecule has 150 valence electrons. The van der Waals surface area contributed by atoms with Crippen LogP contribution < -0.4 is 16.0 Å². The normalized spacial score (nSPS) is 11.9. The molecule has 1 aromatic heterocycles. The van der Waals surface area contributed by atoms with Gasteiger partial charge in [0.1, 0.15) is 11.3 Å². The van der Waals surface area contributed by atoms with Gasteiger partial charge in [0.05, 0.1) is 17.0 Å². The van der Waals surface area contributed by atoms with Crippen molar-refractivity contribution in [3.63, 3.8) is 0 Å². The molecule has 1 atom stereocenters. The second-order valence-electron chi connectivity index (χ2n) is 6.52. The number of amides is 1. The summed E-state index contributed by atoms with van der Waals surface area (Å²) in [4.78, 5) is 36.0. The van der Waals surface area contributed by atoms with Crippen molar-refractivity contribution < 1.29 is 24.2 Å². The number of benzene rings is 2. The summed E-state index contributed by atoms with van der Waals surface area (Å²) in [5.74, 6) is -2.19. The zero-order chi connectivity index (χ0) is 21.1. The predicted octanol–water partition coefficient (Wildman–Crippen LogP) is 2.00. The van der Waals surface area contributed by atoms with E-state index in [-0.39, 0.29) is 34.8 Å². The Hall–Kier alpha value is -3.32. The van der Waals surface area contributed by atoms with Gasteiger partial charge in [0.15, 0.2) is 0 Å². The molecule has 0 aliphatic rings. The highest BCUT2D eigenvalue weighted by atomic mass is 35.5. The number of halogens is 1. The molecule has 0 fully saturated rings. The molecule has 0 bridgehead atoms. The lowest BCUT2D eigenvalue weighted by Crippen LogP contribution is -2.41. The Morgan fingerprint density at radius 3 is 2.59 bits per heavy atom. The molecule has 1 heterocycles. The molecule has 0 aliphatic carbocycles. The van der Waals surface area contributed by atoms with Crippen molar-refractivity contribution in [3.8, 4) is 5.75 Å². The van der Waals surface area contributed by atoms with E-state index in [0.29, 0.717) is 16.5 Å². The van der Waals surface area contributed by atoms with Gasteiger partial charge in [-0.05, 0) is 30.5 Å². The Balaban J connectivity index is 1.79. The first-order chi connectivity index (χ1) is 13.8. The van der Waals surface area contributed by atoms with E-state index >= 15 is 0 Å². The topological polar surface area (TPSA) is 120 Å². The SMILES string of the molecule is Cc1c(CCC(=O)N[C@@H](C(=O)[O-])c2ccccc2)c(=O)oc2cc(O)c(Cl)cc12. The first kappa shape index (κ1) is 20.4. The van der Waals surface area contributed by atoms with Crippen LogP contribution >= 0.6 is 11.6 Å². The number of aryl methyl sites for hydroxylation is 1. The summed E-state index contributed by atoms with van der Waals surface area (Å²) in [5.41, 5.74) is 0.786. The lowest BCUT2D eigenvalue weighted by atomic mass is 10.0. The summed E-state index contributed by atoms with van der Waals surface area (Å²) in [6, 6.07) is 9.63. The molecule has 3 aromatic rings. The maximum atomic E-state index is 12.3. The molecule has 0 saturated heterocycles. The van der Waals surface area contributed by atoms with Crippen LogP contribution in [0.15, 0.2) is 51.7 Å². The maximum Gasteiger partial charge on any atom is 0.339 e. The fraction of sp³-hybridized carbons (Fsp3) is 0.190. The van der Waals surface area contributed by atoms with Gasteiger partial charge in [0.2, 0.25) is 5.91 Å². The van der Waals surface area contributed by atoms with E-state index in [1.165, 1.54) is 12.1 Å². The highest BCUT2D eigenvalue weighted by Crippen LogP contribution is 2.31. The molecule has 8 heteroatoms. The summed E-state index contributed by atoms with van der Waals surface area (Å²) in [6.45, 7) is 1.69. The zero-order valence-electron chi connectivity index (χ0n) is 15.4. The van der Waals surface area contributed by atoms with Crippen LogP contribution in [0, 0.1) is 6.92 Å². The summed E-state index contributed by atoms with van der Waals surface area (Å²) in [7, 11) is 0. The quantitative estimate of drug-likeness (QED) is 0.595. The number of fused-ring (bicyclic) bond motifs is 1. The first-order valence-corrected chi connectivity index (χ1v) is 9.15. The number of carbonyl (C=O) groups excluding carboxylic acids is 2. The molecule has 2 aromatic carbocycles. The highest BCUT2D eigenvalue weighted by Gasteiger charge is 2.18. The molecule has 0 radical (unpaired) electrons. The van der Waals surface area contributed by atoms with E-state index in [4.69, 9.17) is 16.0 Å². The van der Waals surface area contributed by atoms with Crippen molar-refractivity contribution in [2.24, 2.45) is 0 Å². The van der Waals surface area contributed by atoms with Crippen molar-refractivity contribution in [2.45, 2.75) is 25.8 Å². The number of aliphatic carboxylic acids is 1. The highest BCUT2D eigenvalue weighted by molar-refractivity contribution is 6.32. The summed E-state index contributed by atoms with van der Waals surface area (Å²) < 4.78 is 5.22. The van der Waals surface area contributed by atoms with Crippen LogP contribution in [0.1, 0.15) is 29.2 Å². The fourth-order valence-electron chi connectivity index (χ4n) is 3.08. The van der Waals surface area contributed by atoms with Gasteiger partial charge in [-0.2, -0.15) is 0 Å². The largest absolute Gasteiger partial charge is 0.548 e. The number of aromatic hydroxyl groups is 1. The maximum absolute atomic E-state index is 12.3. The van der Waals surface area contributed by atoms with E-state index in [1.54, 1.807) is 37.3 Å². The molecule has 0 unspecified atom stereocenters. The minimum absolute atomic E-state index is 0.0446. The number of carboxylic acids is 1. The zero-order valence-corrected chi connectivity index (χ0v) is 16.2. The Kier molecular flexibility index (Phi) is 5.89. The van der Waals surface area contributed by atoms with Crippen LogP contribution in [-0.2, 0) is 16.0 Å². The van der Waals surface area contributed by atoms with Crippen LogP contribution in [-0.4, -0.2) is 17.0 Å². The van der Waals surface area contributed by atoms with Crippen molar-refractivity contribution in [1.29, 1.82) is 0 Å². The fourth-order valence-corrected chi connectivity index (χ4v) is 3.25. The molecule has 0 aliphatic heterocycles. The van der Waals surface area contributed by atoms with E-state index in [2.05, 4.69) is 5.32 Å². The second-order valence-corrected chi connectivity index (χ2v) is 6.93. The van der Waals surface area contributed by atoms with Crippen LogP contribution in [0.5, 0.6) is 5.75 Å². The molecule has 0 spiro atoms. The summed E-state index contributed by atoms with van der Waals surface area (Å²) >= 11 is 5.93. The van der Waals surface area contributed by atoms with Gasteiger partial charge in [-0.3, -0.25) is 4.79 Å². The molecule has 0 saturated carbocycles. The number of hydrogen-bond acceptors (Lipinski definition) is 6. The van der Waals surface area contributed by atoms with E-state index in [0.717, 1.165) is 0 Å². The van der Waals surface area contributed by atoms with Crippen LogP contribution in [0.25, 0.3) is 11.0 Å². The standard InChI is InChI=1S/C21H18ClNO6/c1-11-13(21(28)29-17-10-16(24)15(22)9-14(11)17)7-8-18(25)23-19(20(26)27)12-5-3-2-4-6-12/h2-6,9-10,19,24H,7-8H2,1H3,(H,23,25)(H,26,27)/p-1/t19-/m1/s1. The van der Waals surface area contributed by atoms with Gasteiger partial charge >= 0.3 is 5.63 Å². The second kappa shape index (κ2) is 8.36. The minimum atomic E-state index is -1.43. The molecule has 29 heavy (non-hydrogen) atoms. The molecule has 7 nitrogen and oxygen atoms in total. The average Bonchev–Trinajstić information content (AvgIpc) is 2.68. The Morgan fingerprint density at radius 1 is 1.24 bits per heavy atom. The number of phenols is 1. The van der Waals surface area contributed by atoms with Crippen molar-refractivity contribution in [1.82, 2.24) is 5.32 Å². The van der Waals surface area contributed by atoms with Gasteiger partial charge in [-0.1, -0.05) is 41.9 Å². The molecule has 2 N–H and O–H groups in total. The molecule has 3 rings (SSSR count). The lowest BCUT2D eigenvalue weighted by Gasteiger charge is -2.20. The third-order valence-corrected chi connectivity index (χ3v) is 4.93. The number of carbonyl (C=O) groups is 2. The van der Waals surface area contributed by atoms with Crippen LogP contribution in [0.2, 0.25) is 5.02 Å². The number of nitrogens with one attached hydrogen (secondary N) is 1. The predicted molar refractivity (Wildman–Crippen MR) is 105 cm³/mol.